The van der Waals surface area contributed by atoms with Crippen molar-refractivity contribution < 1.29 is 19.1 Å². The van der Waals surface area contributed by atoms with Gasteiger partial charge >= 0.3 is 5.97 Å². The summed E-state index contributed by atoms with van der Waals surface area (Å²) in [5.74, 6) is -2.13. The molecule has 0 unspecified atom stereocenters. The second-order valence-electron chi connectivity index (χ2n) is 2.78. The van der Waals surface area contributed by atoms with Gasteiger partial charge in [0.05, 0.1) is 11.5 Å². The summed E-state index contributed by atoms with van der Waals surface area (Å²) in [5.41, 5.74) is 0. The second-order valence-corrected chi connectivity index (χ2v) is 3.77. The zero-order chi connectivity index (χ0) is 12.0. The molecule has 0 spiro atoms. The first kappa shape index (κ1) is 12.4. The van der Waals surface area contributed by atoms with Gasteiger partial charge in [0.25, 0.3) is 0 Å². The normalized spacial score (nSPS) is 9.81. The van der Waals surface area contributed by atoms with Gasteiger partial charge in [0.15, 0.2) is 0 Å². The maximum absolute atomic E-state index is 12.6. The number of carboxylic acid groups (broad SMARTS) is 1. The van der Waals surface area contributed by atoms with Crippen LogP contribution in [-0.2, 0) is 9.59 Å². The highest BCUT2D eigenvalue weighted by Gasteiger charge is 2.05. The van der Waals surface area contributed by atoms with Crippen LogP contribution in [-0.4, -0.2) is 33.5 Å². The molecule has 0 aliphatic carbocycles. The van der Waals surface area contributed by atoms with Crippen LogP contribution in [0.5, 0.6) is 0 Å². The molecule has 1 heterocycles. The Morgan fingerprint density at radius 2 is 2.19 bits per heavy atom. The van der Waals surface area contributed by atoms with Crippen molar-refractivity contribution in [1.29, 1.82) is 0 Å². The van der Waals surface area contributed by atoms with E-state index >= 15 is 0 Å². The van der Waals surface area contributed by atoms with Crippen molar-refractivity contribution >= 4 is 29.5 Å². The highest BCUT2D eigenvalue weighted by molar-refractivity contribution is 8.00. The van der Waals surface area contributed by atoms with Crippen LogP contribution in [0.2, 0.25) is 0 Å². The van der Waals surface area contributed by atoms with Crippen molar-refractivity contribution in [2.24, 2.45) is 0 Å². The number of hydrogen-bond donors (Lipinski definition) is 2. The lowest BCUT2D eigenvalue weighted by Gasteiger charge is -2.02. The SMILES string of the molecule is O=C(O)CSCC(=O)Nc1cccc(F)n1. The molecule has 86 valence electrons. The zero-order valence-corrected chi connectivity index (χ0v) is 8.96. The summed E-state index contributed by atoms with van der Waals surface area (Å²) in [7, 11) is 0. The van der Waals surface area contributed by atoms with E-state index in [-0.39, 0.29) is 17.3 Å². The Bertz CT molecular complexity index is 400. The van der Waals surface area contributed by atoms with Crippen LogP contribution < -0.4 is 5.32 Å². The number of hydrogen-bond acceptors (Lipinski definition) is 4. The topological polar surface area (TPSA) is 79.3 Å². The number of carbonyl (C=O) groups excluding carboxylic acids is 1. The van der Waals surface area contributed by atoms with Crippen molar-refractivity contribution in [2.75, 3.05) is 16.8 Å². The largest absolute Gasteiger partial charge is 0.481 e. The van der Waals surface area contributed by atoms with Crippen molar-refractivity contribution in [3.8, 4) is 0 Å². The molecule has 0 radical (unpaired) electrons. The van der Waals surface area contributed by atoms with E-state index in [1.807, 2.05) is 0 Å². The van der Waals surface area contributed by atoms with Gasteiger partial charge in [0, 0.05) is 0 Å². The van der Waals surface area contributed by atoms with Gasteiger partial charge in [-0.25, -0.2) is 4.98 Å². The van der Waals surface area contributed by atoms with E-state index in [9.17, 15) is 14.0 Å². The minimum absolute atomic E-state index is 0.00943. The highest BCUT2D eigenvalue weighted by atomic mass is 32.2. The highest BCUT2D eigenvalue weighted by Crippen LogP contribution is 2.05. The molecule has 0 aromatic carbocycles. The first-order valence-electron chi connectivity index (χ1n) is 4.30. The Kier molecular flexibility index (Phi) is 4.71. The zero-order valence-electron chi connectivity index (χ0n) is 8.14. The van der Waals surface area contributed by atoms with Gasteiger partial charge in [-0.3, -0.25) is 9.59 Å². The van der Waals surface area contributed by atoms with Gasteiger partial charge in [0.1, 0.15) is 5.82 Å². The monoisotopic (exact) mass is 244 g/mol. The number of pyridine rings is 1. The molecule has 1 amide bonds. The Morgan fingerprint density at radius 1 is 1.44 bits per heavy atom. The number of aromatic nitrogens is 1. The fourth-order valence-electron chi connectivity index (χ4n) is 0.888. The van der Waals surface area contributed by atoms with Gasteiger partial charge in [0.2, 0.25) is 11.9 Å². The molecule has 1 rings (SSSR count). The lowest BCUT2D eigenvalue weighted by Crippen LogP contribution is -2.16. The molecule has 16 heavy (non-hydrogen) atoms. The quantitative estimate of drug-likeness (QED) is 0.755. The Labute approximate surface area is 95.1 Å². The number of carboxylic acids is 1. The van der Waals surface area contributed by atoms with E-state index in [0.29, 0.717) is 0 Å². The van der Waals surface area contributed by atoms with E-state index in [0.717, 1.165) is 17.8 Å². The number of nitrogens with zero attached hydrogens (tertiary/aromatic N) is 1. The molecule has 0 bridgehead atoms. The number of rotatable bonds is 5. The molecular weight excluding hydrogens is 235 g/mol. The summed E-state index contributed by atoms with van der Waals surface area (Å²) in [5, 5.41) is 10.7. The predicted molar refractivity (Wildman–Crippen MR) is 57.8 cm³/mol. The third kappa shape index (κ3) is 4.74. The lowest BCUT2D eigenvalue weighted by molar-refractivity contribution is -0.133. The standard InChI is InChI=1S/C9H9FN2O3S/c10-6-2-1-3-7(11-6)12-8(13)4-16-5-9(14)15/h1-3H,4-5H2,(H,14,15)(H,11,12,13). The van der Waals surface area contributed by atoms with E-state index in [1.165, 1.54) is 12.1 Å². The number of halogens is 1. The van der Waals surface area contributed by atoms with Crippen LogP contribution in [0.25, 0.3) is 0 Å². The van der Waals surface area contributed by atoms with E-state index in [4.69, 9.17) is 5.11 Å². The lowest BCUT2D eigenvalue weighted by atomic mass is 10.4. The van der Waals surface area contributed by atoms with Crippen molar-refractivity contribution in [3.63, 3.8) is 0 Å². The third-order valence-electron chi connectivity index (χ3n) is 1.44. The molecule has 0 saturated carbocycles. The first-order valence-corrected chi connectivity index (χ1v) is 5.45. The van der Waals surface area contributed by atoms with Crippen molar-refractivity contribution in [3.05, 3.63) is 24.1 Å². The minimum Gasteiger partial charge on any atom is -0.481 e. The number of amides is 1. The summed E-state index contributed by atoms with van der Waals surface area (Å²) in [4.78, 5) is 24.8. The minimum atomic E-state index is -0.985. The van der Waals surface area contributed by atoms with Crippen LogP contribution in [0.4, 0.5) is 10.2 Å². The van der Waals surface area contributed by atoms with Crippen LogP contribution in [0.15, 0.2) is 18.2 Å². The van der Waals surface area contributed by atoms with Gasteiger partial charge < -0.3 is 10.4 Å². The molecule has 1 aromatic heterocycles. The van der Waals surface area contributed by atoms with Crippen LogP contribution in [0, 0.1) is 5.95 Å². The maximum atomic E-state index is 12.6. The van der Waals surface area contributed by atoms with Crippen LogP contribution >= 0.6 is 11.8 Å². The molecular formula is C9H9FN2O3S. The Hall–Kier alpha value is -1.63. The van der Waals surface area contributed by atoms with E-state index in [1.54, 1.807) is 0 Å². The molecule has 7 heteroatoms. The van der Waals surface area contributed by atoms with Crippen LogP contribution in [0.1, 0.15) is 0 Å². The van der Waals surface area contributed by atoms with Crippen molar-refractivity contribution in [2.45, 2.75) is 0 Å². The number of aliphatic carboxylic acids is 1. The van der Waals surface area contributed by atoms with Gasteiger partial charge in [-0.2, -0.15) is 4.39 Å². The van der Waals surface area contributed by atoms with Crippen molar-refractivity contribution in [1.82, 2.24) is 4.98 Å². The molecule has 5 nitrogen and oxygen atoms in total. The third-order valence-corrected chi connectivity index (χ3v) is 2.36. The fourth-order valence-corrected chi connectivity index (χ4v) is 1.42. The van der Waals surface area contributed by atoms with E-state index < -0.39 is 17.8 Å². The van der Waals surface area contributed by atoms with Gasteiger partial charge in [-0.05, 0) is 12.1 Å². The average molecular weight is 244 g/mol. The summed E-state index contributed by atoms with van der Waals surface area (Å²) >= 11 is 0.960. The number of carbonyl (C=O) groups is 2. The molecule has 0 saturated heterocycles. The van der Waals surface area contributed by atoms with Gasteiger partial charge in [-0.1, -0.05) is 6.07 Å². The molecule has 0 atom stereocenters. The fraction of sp³-hybridized carbons (Fsp3) is 0.222. The average Bonchev–Trinajstić information content (AvgIpc) is 2.16. The maximum Gasteiger partial charge on any atom is 0.313 e. The molecule has 0 aliphatic rings. The number of thioether (sulfide) groups is 1. The summed E-state index contributed by atoms with van der Waals surface area (Å²) in [6.45, 7) is 0. The van der Waals surface area contributed by atoms with Gasteiger partial charge in [-0.15, -0.1) is 11.8 Å². The second kappa shape index (κ2) is 6.06. The predicted octanol–water partition coefficient (Wildman–Crippen LogP) is 0.977. The smallest absolute Gasteiger partial charge is 0.313 e. The molecule has 0 aliphatic heterocycles. The number of nitrogens with one attached hydrogen (secondary N) is 1. The Balaban J connectivity index is 2.37. The summed E-state index contributed by atoms with van der Waals surface area (Å²) < 4.78 is 12.6. The Morgan fingerprint density at radius 3 is 2.81 bits per heavy atom. The van der Waals surface area contributed by atoms with E-state index in [2.05, 4.69) is 10.3 Å². The molecule has 1 aromatic rings. The summed E-state index contributed by atoms with van der Waals surface area (Å²) in [6.07, 6.45) is 0. The number of anilines is 1. The summed E-state index contributed by atoms with van der Waals surface area (Å²) in [6, 6.07) is 4.03. The molecule has 0 fully saturated rings. The van der Waals surface area contributed by atoms with Crippen LogP contribution in [0.3, 0.4) is 0 Å². The first-order chi connectivity index (χ1) is 7.58. The molecule has 2 N–H and O–H groups in total.